The van der Waals surface area contributed by atoms with Gasteiger partial charge in [0.1, 0.15) is 18.1 Å². The summed E-state index contributed by atoms with van der Waals surface area (Å²) in [7, 11) is 17.3. The Labute approximate surface area is 192 Å². The highest BCUT2D eigenvalue weighted by atomic mass is 16.6. The minimum Gasteiger partial charge on any atom is -0.489 e. The van der Waals surface area contributed by atoms with Crippen molar-refractivity contribution in [3.05, 3.63) is 29.6 Å². The molecule has 1 amide bonds. The number of rotatable bonds is 8. The summed E-state index contributed by atoms with van der Waals surface area (Å²) in [5.41, 5.74) is 1.80. The van der Waals surface area contributed by atoms with Gasteiger partial charge in [0.05, 0.1) is 47.1 Å². The van der Waals surface area contributed by atoms with Crippen LogP contribution in [0.1, 0.15) is 56.2 Å². The summed E-state index contributed by atoms with van der Waals surface area (Å²) in [6.07, 6.45) is 9.11. The predicted octanol–water partition coefficient (Wildman–Crippen LogP) is 3.22. The minimum absolute atomic E-state index is 0.0667. The molecule has 0 saturated heterocycles. The summed E-state index contributed by atoms with van der Waals surface area (Å²) in [6, 6.07) is 3.68. The molecule has 4 rings (SSSR count). The molecule has 6 radical (unpaired) electrons. The van der Waals surface area contributed by atoms with Gasteiger partial charge in [0.2, 0.25) is 0 Å². The van der Waals surface area contributed by atoms with Crippen LogP contribution in [0.5, 0.6) is 5.75 Å². The summed E-state index contributed by atoms with van der Waals surface area (Å²) in [5.74, 6) is 1.52. The van der Waals surface area contributed by atoms with Crippen molar-refractivity contribution in [1.29, 1.82) is 0 Å². The van der Waals surface area contributed by atoms with E-state index in [1.165, 1.54) is 19.3 Å². The maximum absolute atomic E-state index is 12.6. The molecular weight excluding hydrogens is 403 g/mol. The molecule has 0 spiro atoms. The monoisotopic (exact) mass is 429 g/mol. The molecule has 2 fully saturated rings. The lowest BCUT2D eigenvalue weighted by atomic mass is 9.48. The number of amides is 1. The van der Waals surface area contributed by atoms with Crippen molar-refractivity contribution in [1.82, 2.24) is 15.0 Å². The molecule has 0 atom stereocenters. The molecule has 2 aliphatic carbocycles. The Balaban J connectivity index is 1.42. The average Bonchev–Trinajstić information content (AvgIpc) is 3.52. The molecule has 0 aliphatic heterocycles. The fourth-order valence-electron chi connectivity index (χ4n) is 3.88. The molecule has 0 N–H and O–H groups in total. The largest absolute Gasteiger partial charge is 0.489 e. The van der Waals surface area contributed by atoms with Crippen molar-refractivity contribution in [2.75, 3.05) is 6.54 Å². The zero-order chi connectivity index (χ0) is 22.7. The third-order valence-electron chi connectivity index (χ3n) is 5.97. The minimum atomic E-state index is -1.79. The van der Waals surface area contributed by atoms with E-state index in [4.69, 9.17) is 37.5 Å². The number of hydrogen-bond donors (Lipinski definition) is 0. The number of pyridine rings is 1. The SMILES string of the molecule is [B]C([B])([B])N(CC1CC1)C(=O)OCc1c(C)noc1-c1ccc(OC2CCCCC2)cn1. The summed E-state index contributed by atoms with van der Waals surface area (Å²) in [5, 5.41) is 2.22. The normalized spacial score (nSPS) is 17.2. The number of ether oxygens (including phenoxy) is 2. The second kappa shape index (κ2) is 9.63. The number of aromatic nitrogens is 2. The van der Waals surface area contributed by atoms with E-state index in [-0.39, 0.29) is 12.7 Å². The molecular formula is C22H26B3N3O4. The lowest BCUT2D eigenvalue weighted by Crippen LogP contribution is -2.54. The number of nitrogens with zero attached hydrogens (tertiary/aromatic N) is 3. The van der Waals surface area contributed by atoms with E-state index in [1.54, 1.807) is 13.1 Å². The third kappa shape index (κ3) is 5.70. The van der Waals surface area contributed by atoms with E-state index in [1.807, 2.05) is 12.1 Å². The van der Waals surface area contributed by atoms with Crippen LogP contribution < -0.4 is 4.74 Å². The summed E-state index contributed by atoms with van der Waals surface area (Å²) in [4.78, 5) is 18.2. The molecule has 2 aromatic rings. The van der Waals surface area contributed by atoms with Gasteiger partial charge in [0, 0.05) is 6.54 Å². The second-order valence-corrected chi connectivity index (χ2v) is 8.83. The molecule has 2 saturated carbocycles. The second-order valence-electron chi connectivity index (χ2n) is 8.83. The first-order valence-corrected chi connectivity index (χ1v) is 11.2. The molecule has 0 bridgehead atoms. The van der Waals surface area contributed by atoms with E-state index in [9.17, 15) is 4.79 Å². The van der Waals surface area contributed by atoms with Crippen molar-refractivity contribution in [2.45, 2.75) is 69.8 Å². The van der Waals surface area contributed by atoms with Gasteiger partial charge >= 0.3 is 6.09 Å². The van der Waals surface area contributed by atoms with Gasteiger partial charge in [-0.05, 0) is 63.5 Å². The summed E-state index contributed by atoms with van der Waals surface area (Å²) in [6.45, 7) is 2.07. The van der Waals surface area contributed by atoms with Crippen molar-refractivity contribution in [3.8, 4) is 17.2 Å². The van der Waals surface area contributed by atoms with Crippen molar-refractivity contribution >= 4 is 29.6 Å². The zero-order valence-electron chi connectivity index (χ0n) is 18.5. The van der Waals surface area contributed by atoms with Crippen LogP contribution in [-0.2, 0) is 11.3 Å². The zero-order valence-corrected chi connectivity index (χ0v) is 18.5. The van der Waals surface area contributed by atoms with E-state index in [2.05, 4.69) is 10.1 Å². The van der Waals surface area contributed by atoms with Gasteiger partial charge in [-0.2, -0.15) is 0 Å². The van der Waals surface area contributed by atoms with Crippen LogP contribution in [-0.4, -0.2) is 62.6 Å². The van der Waals surface area contributed by atoms with Crippen LogP contribution >= 0.6 is 0 Å². The summed E-state index contributed by atoms with van der Waals surface area (Å²) < 4.78 is 17.0. The molecule has 2 aliphatic rings. The van der Waals surface area contributed by atoms with Crippen LogP contribution in [0.3, 0.4) is 0 Å². The predicted molar refractivity (Wildman–Crippen MR) is 122 cm³/mol. The molecule has 2 aromatic heterocycles. The molecule has 2 heterocycles. The summed E-state index contributed by atoms with van der Waals surface area (Å²) >= 11 is 0. The first-order chi connectivity index (χ1) is 15.3. The maximum atomic E-state index is 12.6. The van der Waals surface area contributed by atoms with Crippen molar-refractivity contribution in [2.24, 2.45) is 5.92 Å². The molecule has 10 heteroatoms. The Hall–Kier alpha value is -2.38. The Morgan fingerprint density at radius 3 is 2.56 bits per heavy atom. The Morgan fingerprint density at radius 1 is 1.19 bits per heavy atom. The van der Waals surface area contributed by atoms with Crippen LogP contribution in [0.25, 0.3) is 11.5 Å². The maximum Gasteiger partial charge on any atom is 0.408 e. The van der Waals surface area contributed by atoms with Gasteiger partial charge < -0.3 is 18.9 Å². The van der Waals surface area contributed by atoms with Crippen LogP contribution in [0, 0.1) is 12.8 Å². The standard InChI is InChI=1S/C22H26B3N3O4/c1-14-18(13-30-21(29)28(22(23,24)25)12-15-7-8-15)20(32-27-14)19-10-9-17(11-26-19)31-16-5-3-2-4-6-16/h9-11,15-16H,2-8,12-13H2,1H3. The number of carbonyl (C=O) groups is 1. The van der Waals surface area contributed by atoms with E-state index in [0.29, 0.717) is 35.2 Å². The highest BCUT2D eigenvalue weighted by Crippen LogP contribution is 2.32. The molecule has 0 aromatic carbocycles. The fraction of sp³-hybridized carbons (Fsp3) is 0.591. The Morgan fingerprint density at radius 2 is 1.94 bits per heavy atom. The van der Waals surface area contributed by atoms with Crippen LogP contribution in [0.4, 0.5) is 4.79 Å². The highest BCUT2D eigenvalue weighted by molar-refractivity contribution is 6.59. The quantitative estimate of drug-likeness (QED) is 0.601. The van der Waals surface area contributed by atoms with Crippen molar-refractivity contribution < 1.29 is 18.8 Å². The smallest absolute Gasteiger partial charge is 0.408 e. The molecule has 0 unspecified atom stereocenters. The van der Waals surface area contributed by atoms with Crippen LogP contribution in [0.2, 0.25) is 0 Å². The Bertz CT molecular complexity index is 919. The average molecular weight is 429 g/mol. The first kappa shape index (κ1) is 22.8. The highest BCUT2D eigenvalue weighted by Gasteiger charge is 2.33. The molecule has 32 heavy (non-hydrogen) atoms. The third-order valence-corrected chi connectivity index (χ3v) is 5.97. The number of carbonyl (C=O) groups excluding carboxylic acids is 1. The van der Waals surface area contributed by atoms with E-state index >= 15 is 0 Å². The first-order valence-electron chi connectivity index (χ1n) is 11.2. The van der Waals surface area contributed by atoms with Gasteiger partial charge in [0.15, 0.2) is 5.76 Å². The lowest BCUT2D eigenvalue weighted by Gasteiger charge is -2.36. The number of hydrogen-bond acceptors (Lipinski definition) is 6. The fourth-order valence-corrected chi connectivity index (χ4v) is 3.88. The lowest BCUT2D eigenvalue weighted by molar-refractivity contribution is 0.0932. The van der Waals surface area contributed by atoms with E-state index < -0.39 is 11.3 Å². The van der Waals surface area contributed by atoms with Crippen LogP contribution in [0.15, 0.2) is 22.9 Å². The van der Waals surface area contributed by atoms with Gasteiger partial charge in [-0.3, -0.25) is 0 Å². The molecule has 162 valence electrons. The van der Waals surface area contributed by atoms with Gasteiger partial charge in [0.25, 0.3) is 0 Å². The Kier molecular flexibility index (Phi) is 6.86. The van der Waals surface area contributed by atoms with Crippen molar-refractivity contribution in [3.63, 3.8) is 0 Å². The molecule has 7 nitrogen and oxygen atoms in total. The van der Waals surface area contributed by atoms with Gasteiger partial charge in [-0.1, -0.05) is 16.8 Å². The topological polar surface area (TPSA) is 77.7 Å². The van der Waals surface area contributed by atoms with E-state index in [0.717, 1.165) is 36.3 Å². The van der Waals surface area contributed by atoms with Gasteiger partial charge in [-0.15, -0.1) is 0 Å². The number of aryl methyl sites for hydroxylation is 1. The van der Waals surface area contributed by atoms with Gasteiger partial charge in [-0.25, -0.2) is 9.78 Å².